The highest BCUT2D eigenvalue weighted by Crippen LogP contribution is 2.42. The monoisotopic (exact) mass is 357 g/mol. The number of rotatable bonds is 4. The summed E-state index contributed by atoms with van der Waals surface area (Å²) in [6, 6.07) is 20.3. The highest BCUT2D eigenvalue weighted by molar-refractivity contribution is 6.02. The van der Waals surface area contributed by atoms with Crippen LogP contribution in [0.5, 0.6) is 0 Å². The molecule has 1 fully saturated rings. The van der Waals surface area contributed by atoms with Crippen molar-refractivity contribution >= 4 is 11.5 Å². The molecule has 0 saturated carbocycles. The number of benzene rings is 3. The molecule has 27 heavy (non-hydrogen) atoms. The van der Waals surface area contributed by atoms with Crippen LogP contribution < -0.4 is 0 Å². The zero-order chi connectivity index (χ0) is 18.5. The molecule has 1 aliphatic carbocycles. The van der Waals surface area contributed by atoms with Gasteiger partial charge >= 0.3 is 0 Å². The lowest BCUT2D eigenvalue weighted by Gasteiger charge is -2.04. The van der Waals surface area contributed by atoms with Crippen LogP contribution in [-0.2, 0) is 11.2 Å². The molecule has 1 heterocycles. The van der Waals surface area contributed by atoms with E-state index in [1.54, 1.807) is 12.1 Å². The van der Waals surface area contributed by atoms with Gasteiger partial charge in [0.15, 0.2) is 11.9 Å². The summed E-state index contributed by atoms with van der Waals surface area (Å²) in [5.41, 5.74) is 6.32. The van der Waals surface area contributed by atoms with Crippen molar-refractivity contribution < 1.29 is 14.5 Å². The molecule has 3 aromatic rings. The molecule has 0 aromatic heterocycles. The first-order chi connectivity index (χ1) is 13.1. The van der Waals surface area contributed by atoms with Gasteiger partial charge in [-0.3, -0.25) is 14.9 Å². The van der Waals surface area contributed by atoms with Crippen LogP contribution in [0.25, 0.3) is 11.1 Å². The molecular weight excluding hydrogens is 342 g/mol. The highest BCUT2D eigenvalue weighted by atomic mass is 16.6. The lowest BCUT2D eigenvalue weighted by atomic mass is 9.98. The van der Waals surface area contributed by atoms with Gasteiger partial charge in [-0.25, -0.2) is 0 Å². The van der Waals surface area contributed by atoms with Crippen molar-refractivity contribution in [3.63, 3.8) is 0 Å². The summed E-state index contributed by atoms with van der Waals surface area (Å²) in [6.07, 6.45) is -0.0127. The average molecular weight is 357 g/mol. The Morgan fingerprint density at radius 1 is 0.963 bits per heavy atom. The molecule has 5 nitrogen and oxygen atoms in total. The predicted octanol–water partition coefficient (Wildman–Crippen LogP) is 4.49. The van der Waals surface area contributed by atoms with Crippen molar-refractivity contribution in [3.8, 4) is 11.1 Å². The quantitative estimate of drug-likeness (QED) is 0.233. The molecule has 2 atom stereocenters. The fourth-order valence-corrected chi connectivity index (χ4v) is 3.81. The Bertz CT molecular complexity index is 1090. The number of carbonyl (C=O) groups excluding carboxylic acids is 1. The van der Waals surface area contributed by atoms with E-state index in [4.69, 9.17) is 4.74 Å². The van der Waals surface area contributed by atoms with Gasteiger partial charge in [0, 0.05) is 17.7 Å². The zero-order valence-corrected chi connectivity index (χ0v) is 14.3. The number of ether oxygens (including phenoxy) is 1. The summed E-state index contributed by atoms with van der Waals surface area (Å²) in [4.78, 5) is 23.1. The van der Waals surface area contributed by atoms with E-state index in [9.17, 15) is 14.9 Å². The second kappa shape index (κ2) is 5.86. The van der Waals surface area contributed by atoms with Gasteiger partial charge in [-0.2, -0.15) is 0 Å². The first-order valence-corrected chi connectivity index (χ1v) is 8.77. The van der Waals surface area contributed by atoms with Crippen molar-refractivity contribution in [2.75, 3.05) is 0 Å². The third-order valence-electron chi connectivity index (χ3n) is 5.26. The van der Waals surface area contributed by atoms with Gasteiger partial charge in [-0.15, -0.1) is 0 Å². The number of hydrogen-bond acceptors (Lipinski definition) is 4. The number of fused-ring (bicyclic) bond motifs is 3. The van der Waals surface area contributed by atoms with Crippen molar-refractivity contribution in [2.45, 2.75) is 18.6 Å². The largest absolute Gasteiger partial charge is 0.356 e. The summed E-state index contributed by atoms with van der Waals surface area (Å²) in [7, 11) is 0. The Balaban J connectivity index is 1.36. The molecule has 5 heteroatoms. The van der Waals surface area contributed by atoms with E-state index < -0.39 is 11.0 Å². The first kappa shape index (κ1) is 15.9. The minimum atomic E-state index is -0.520. The molecule has 132 valence electrons. The molecule has 2 aliphatic rings. The molecule has 1 aliphatic heterocycles. The van der Waals surface area contributed by atoms with Crippen LogP contribution in [-0.4, -0.2) is 16.8 Å². The minimum absolute atomic E-state index is 0.0282. The molecule has 0 spiro atoms. The third kappa shape index (κ3) is 2.64. The lowest BCUT2D eigenvalue weighted by molar-refractivity contribution is -0.384. The smallest absolute Gasteiger partial charge is 0.269 e. The third-order valence-corrected chi connectivity index (χ3v) is 5.26. The zero-order valence-electron chi connectivity index (χ0n) is 14.3. The van der Waals surface area contributed by atoms with E-state index in [0.717, 1.165) is 17.5 Å². The second-order valence-electron chi connectivity index (χ2n) is 6.90. The topological polar surface area (TPSA) is 72.7 Å². The van der Waals surface area contributed by atoms with Gasteiger partial charge in [-0.05, 0) is 52.4 Å². The van der Waals surface area contributed by atoms with Gasteiger partial charge in [0.2, 0.25) is 0 Å². The fourth-order valence-electron chi connectivity index (χ4n) is 3.81. The lowest BCUT2D eigenvalue weighted by Crippen LogP contribution is -2.08. The van der Waals surface area contributed by atoms with Gasteiger partial charge in [0.1, 0.15) is 6.10 Å². The molecule has 0 radical (unpaired) electrons. The van der Waals surface area contributed by atoms with Crippen molar-refractivity contribution in [3.05, 3.63) is 99.1 Å². The Morgan fingerprint density at radius 2 is 1.70 bits per heavy atom. The number of hydrogen-bond donors (Lipinski definition) is 0. The van der Waals surface area contributed by atoms with Gasteiger partial charge in [0.05, 0.1) is 4.92 Å². The maximum absolute atomic E-state index is 12.8. The summed E-state index contributed by atoms with van der Waals surface area (Å²) < 4.78 is 5.58. The number of carbonyl (C=O) groups is 1. The van der Waals surface area contributed by atoms with E-state index in [-0.39, 0.29) is 17.6 Å². The number of nitro benzene ring substituents is 1. The maximum Gasteiger partial charge on any atom is 0.269 e. The van der Waals surface area contributed by atoms with Gasteiger partial charge < -0.3 is 4.74 Å². The maximum atomic E-state index is 12.8. The highest BCUT2D eigenvalue weighted by Gasteiger charge is 2.46. The van der Waals surface area contributed by atoms with Gasteiger partial charge in [0.25, 0.3) is 5.69 Å². The molecule has 5 rings (SSSR count). The van der Waals surface area contributed by atoms with Crippen molar-refractivity contribution in [1.29, 1.82) is 0 Å². The molecule has 0 bridgehead atoms. The van der Waals surface area contributed by atoms with Crippen LogP contribution >= 0.6 is 0 Å². The summed E-state index contributed by atoms with van der Waals surface area (Å²) in [5.74, 6) is -0.0443. The molecule has 3 aromatic carbocycles. The molecular formula is C22H15NO4. The molecule has 0 N–H and O–H groups in total. The van der Waals surface area contributed by atoms with Gasteiger partial charge in [-0.1, -0.05) is 36.4 Å². The Hall–Kier alpha value is -3.31. The number of nitrogens with zero attached hydrogens (tertiary/aromatic N) is 1. The SMILES string of the molecule is O=C(c1ccc2c(c1)Cc1ccccc1-2)[C@@H]1O[C@@H]1c1ccc([N+](=O)[O-])cc1. The van der Waals surface area contributed by atoms with Crippen LogP contribution in [0.2, 0.25) is 0 Å². The van der Waals surface area contributed by atoms with Crippen LogP contribution in [0.1, 0.15) is 33.2 Å². The average Bonchev–Trinajstić information content (AvgIpc) is 3.41. The van der Waals surface area contributed by atoms with E-state index in [0.29, 0.717) is 5.56 Å². The van der Waals surface area contributed by atoms with E-state index in [2.05, 4.69) is 12.1 Å². The van der Waals surface area contributed by atoms with Crippen LogP contribution in [0, 0.1) is 10.1 Å². The number of nitro groups is 1. The fraction of sp³-hybridized carbons (Fsp3) is 0.136. The standard InChI is InChI=1S/C22H15NO4/c24-20(22-21(27-22)13-5-8-17(9-6-13)23(25)26)15-7-10-19-16(12-15)11-14-3-1-2-4-18(14)19/h1-10,12,21-22H,11H2/t21-,22+/m1/s1. The normalized spacial score (nSPS) is 19.3. The van der Waals surface area contributed by atoms with Crippen LogP contribution in [0.15, 0.2) is 66.7 Å². The van der Waals surface area contributed by atoms with Crippen molar-refractivity contribution in [2.24, 2.45) is 0 Å². The first-order valence-electron chi connectivity index (χ1n) is 8.77. The predicted molar refractivity (Wildman–Crippen MR) is 99.7 cm³/mol. The van der Waals surface area contributed by atoms with Crippen LogP contribution in [0.3, 0.4) is 0 Å². The minimum Gasteiger partial charge on any atom is -0.356 e. The Morgan fingerprint density at radius 3 is 2.48 bits per heavy atom. The van der Waals surface area contributed by atoms with Crippen LogP contribution in [0.4, 0.5) is 5.69 Å². The number of epoxide rings is 1. The summed E-state index contributed by atoms with van der Waals surface area (Å²) >= 11 is 0. The Kier molecular flexibility index (Phi) is 3.45. The molecule has 0 unspecified atom stereocenters. The van der Waals surface area contributed by atoms with Crippen molar-refractivity contribution in [1.82, 2.24) is 0 Å². The van der Waals surface area contributed by atoms with E-state index in [1.165, 1.54) is 28.8 Å². The van der Waals surface area contributed by atoms with E-state index >= 15 is 0 Å². The number of non-ortho nitro benzene ring substituents is 1. The summed E-state index contributed by atoms with van der Waals surface area (Å²) in [6.45, 7) is 0. The second-order valence-corrected chi connectivity index (χ2v) is 6.90. The summed E-state index contributed by atoms with van der Waals surface area (Å²) in [5, 5.41) is 10.8. The molecule has 1 saturated heterocycles. The number of Topliss-reactive ketones (excluding diaryl/α,β-unsaturated/α-hetero) is 1. The van der Waals surface area contributed by atoms with E-state index in [1.807, 2.05) is 30.3 Å². The molecule has 0 amide bonds. The number of ketones is 1. The Labute approximate surface area is 155 Å².